The van der Waals surface area contributed by atoms with Crippen LogP contribution in [0.3, 0.4) is 0 Å². The maximum atomic E-state index is 14.1. The van der Waals surface area contributed by atoms with E-state index in [4.69, 9.17) is 19.8 Å². The number of rotatable bonds is 8. The molecule has 250 valence electrons. The van der Waals surface area contributed by atoms with Gasteiger partial charge in [0.15, 0.2) is 0 Å². The molecule has 12 nitrogen and oxygen atoms in total. The first kappa shape index (κ1) is 32.1. The summed E-state index contributed by atoms with van der Waals surface area (Å²) in [5, 5.41) is 14.2. The number of alkyl halides is 5. The minimum atomic E-state index is -4.48. The predicted molar refractivity (Wildman–Crippen MR) is 152 cm³/mol. The lowest BCUT2D eigenvalue weighted by atomic mass is 9.81. The highest BCUT2D eigenvalue weighted by Crippen LogP contribution is 2.41. The first-order chi connectivity index (χ1) is 21.9. The van der Waals surface area contributed by atoms with Gasteiger partial charge in [0.25, 0.3) is 11.7 Å². The molecule has 2 saturated heterocycles. The van der Waals surface area contributed by atoms with Gasteiger partial charge in [0, 0.05) is 57.8 Å². The average molecular weight is 654 g/mol. The molecule has 0 bridgehead atoms. The molecule has 3 amide bonds. The van der Waals surface area contributed by atoms with Gasteiger partial charge in [0.05, 0.1) is 36.1 Å². The smallest absolute Gasteiger partial charge is 0.381 e. The topological polar surface area (TPSA) is 132 Å². The van der Waals surface area contributed by atoms with Crippen LogP contribution < -0.4 is 10.6 Å². The van der Waals surface area contributed by atoms with Crippen LogP contribution in [0.1, 0.15) is 85.0 Å². The van der Waals surface area contributed by atoms with Crippen molar-refractivity contribution in [3.8, 4) is 0 Å². The van der Waals surface area contributed by atoms with E-state index in [0.29, 0.717) is 55.4 Å². The largest absolute Gasteiger partial charge is 0.395 e. The van der Waals surface area contributed by atoms with E-state index in [2.05, 4.69) is 15.7 Å². The van der Waals surface area contributed by atoms with Crippen molar-refractivity contribution in [1.82, 2.24) is 44.9 Å². The molecular formula is C29H36F5N9O3. The monoisotopic (exact) mass is 653 g/mol. The molecule has 3 aromatic rings. The number of carbonyl (C=O) groups is 2. The molecule has 1 saturated carbocycles. The highest BCUT2D eigenvalue weighted by atomic mass is 19.4. The number of hydrogen-bond donors (Lipinski definition) is 2. The SMILES string of the molecule is CCn1nccc1C(=O)N[C@H](c1cn2nc(CN3C[C@H](C(F)(F)F)CNC3=O)c(C3CCOCC3)nc2n1)C1CCC(F)(F)CC1. The van der Waals surface area contributed by atoms with Gasteiger partial charge in [0.1, 0.15) is 11.4 Å². The number of halogens is 5. The molecule has 0 aromatic carbocycles. The molecule has 2 atom stereocenters. The molecule has 6 rings (SSSR count). The highest BCUT2D eigenvalue weighted by molar-refractivity contribution is 5.92. The second kappa shape index (κ2) is 12.7. The Hall–Kier alpha value is -3.89. The van der Waals surface area contributed by atoms with Crippen molar-refractivity contribution in [3.63, 3.8) is 0 Å². The van der Waals surface area contributed by atoms with Crippen LogP contribution in [0.2, 0.25) is 0 Å². The molecule has 2 N–H and O–H groups in total. The number of aromatic nitrogens is 6. The number of nitrogens with zero attached hydrogens (tertiary/aromatic N) is 7. The maximum absolute atomic E-state index is 14.1. The summed E-state index contributed by atoms with van der Waals surface area (Å²) >= 11 is 0. The molecule has 5 heterocycles. The first-order valence-corrected chi connectivity index (χ1v) is 15.6. The van der Waals surface area contributed by atoms with Crippen LogP contribution in [0.15, 0.2) is 18.5 Å². The summed E-state index contributed by atoms with van der Waals surface area (Å²) in [6.07, 6.45) is -0.556. The van der Waals surface area contributed by atoms with Crippen LogP contribution in [-0.4, -0.2) is 84.6 Å². The normalized spacial score (nSPS) is 22.2. The lowest BCUT2D eigenvalue weighted by molar-refractivity contribution is -0.178. The third-order valence-corrected chi connectivity index (χ3v) is 9.16. The number of hydrogen-bond acceptors (Lipinski definition) is 7. The molecule has 3 aromatic heterocycles. The second-order valence-electron chi connectivity index (χ2n) is 12.2. The van der Waals surface area contributed by atoms with Gasteiger partial charge in [0.2, 0.25) is 5.92 Å². The summed E-state index contributed by atoms with van der Waals surface area (Å²) in [5.41, 5.74) is 1.52. The zero-order chi connectivity index (χ0) is 32.6. The van der Waals surface area contributed by atoms with E-state index in [9.17, 15) is 31.5 Å². The van der Waals surface area contributed by atoms with Gasteiger partial charge in [-0.2, -0.15) is 23.4 Å². The molecule has 0 radical (unpaired) electrons. The summed E-state index contributed by atoms with van der Waals surface area (Å²) in [7, 11) is 0. The maximum Gasteiger partial charge on any atom is 0.395 e. The predicted octanol–water partition coefficient (Wildman–Crippen LogP) is 4.24. The van der Waals surface area contributed by atoms with Crippen molar-refractivity contribution in [1.29, 1.82) is 0 Å². The van der Waals surface area contributed by atoms with Gasteiger partial charge < -0.3 is 20.3 Å². The van der Waals surface area contributed by atoms with E-state index < -0.39 is 49.1 Å². The Labute approximate surface area is 261 Å². The van der Waals surface area contributed by atoms with E-state index in [-0.39, 0.29) is 49.8 Å². The zero-order valence-electron chi connectivity index (χ0n) is 25.3. The molecule has 3 fully saturated rings. The molecule has 3 aliphatic rings. The van der Waals surface area contributed by atoms with Gasteiger partial charge in [-0.15, -0.1) is 0 Å². The third kappa shape index (κ3) is 6.78. The van der Waals surface area contributed by atoms with Gasteiger partial charge in [-0.3, -0.25) is 9.48 Å². The number of aryl methyl sites for hydroxylation is 1. The second-order valence-corrected chi connectivity index (χ2v) is 12.2. The Morgan fingerprint density at radius 2 is 1.91 bits per heavy atom. The highest BCUT2D eigenvalue weighted by Gasteiger charge is 2.44. The Kier molecular flexibility index (Phi) is 8.87. The molecule has 17 heteroatoms. The number of ether oxygens (including phenoxy) is 1. The molecule has 1 aliphatic carbocycles. The molecule has 46 heavy (non-hydrogen) atoms. The number of amides is 3. The zero-order valence-corrected chi connectivity index (χ0v) is 25.3. The van der Waals surface area contributed by atoms with Gasteiger partial charge in [-0.1, -0.05) is 0 Å². The quantitative estimate of drug-likeness (QED) is 0.348. The lowest BCUT2D eigenvalue weighted by Crippen LogP contribution is -2.54. The summed E-state index contributed by atoms with van der Waals surface area (Å²) < 4.78 is 77.3. The number of urea groups is 1. The molecule has 0 unspecified atom stereocenters. The Morgan fingerprint density at radius 3 is 2.61 bits per heavy atom. The van der Waals surface area contributed by atoms with E-state index >= 15 is 0 Å². The van der Waals surface area contributed by atoms with Crippen molar-refractivity contribution in [3.05, 3.63) is 41.2 Å². The van der Waals surface area contributed by atoms with Crippen molar-refractivity contribution in [2.75, 3.05) is 26.3 Å². The Balaban J connectivity index is 1.35. The van der Waals surface area contributed by atoms with Crippen molar-refractivity contribution < 1.29 is 36.3 Å². The Morgan fingerprint density at radius 1 is 1.17 bits per heavy atom. The summed E-state index contributed by atoms with van der Waals surface area (Å²) in [5.74, 6) is -5.23. The lowest BCUT2D eigenvalue weighted by Gasteiger charge is -2.34. The first-order valence-electron chi connectivity index (χ1n) is 15.6. The van der Waals surface area contributed by atoms with Crippen molar-refractivity contribution >= 4 is 17.7 Å². The van der Waals surface area contributed by atoms with Crippen LogP contribution in [0.5, 0.6) is 0 Å². The van der Waals surface area contributed by atoms with Gasteiger partial charge >= 0.3 is 12.2 Å². The number of imidazole rings is 1. The fourth-order valence-corrected chi connectivity index (χ4v) is 6.54. The van der Waals surface area contributed by atoms with Crippen LogP contribution in [0.4, 0.5) is 26.7 Å². The van der Waals surface area contributed by atoms with Gasteiger partial charge in [-0.05, 0) is 44.6 Å². The fourth-order valence-electron chi connectivity index (χ4n) is 6.54. The number of fused-ring (bicyclic) bond motifs is 1. The number of carbonyl (C=O) groups excluding carboxylic acids is 2. The van der Waals surface area contributed by atoms with Crippen LogP contribution in [0.25, 0.3) is 5.78 Å². The Bertz CT molecular complexity index is 1560. The van der Waals surface area contributed by atoms with Crippen LogP contribution in [0, 0.1) is 11.8 Å². The fraction of sp³-hybridized carbons (Fsp3) is 0.655. The molecular weight excluding hydrogens is 617 g/mol. The summed E-state index contributed by atoms with van der Waals surface area (Å²) in [4.78, 5) is 36.6. The van der Waals surface area contributed by atoms with Crippen molar-refractivity contribution in [2.24, 2.45) is 11.8 Å². The van der Waals surface area contributed by atoms with Gasteiger partial charge in [-0.25, -0.2) is 28.1 Å². The van der Waals surface area contributed by atoms with Crippen LogP contribution >= 0.6 is 0 Å². The number of nitrogens with one attached hydrogen (secondary N) is 2. The van der Waals surface area contributed by atoms with Crippen LogP contribution in [-0.2, 0) is 17.8 Å². The summed E-state index contributed by atoms with van der Waals surface area (Å²) in [6.45, 7) is 1.99. The van der Waals surface area contributed by atoms with E-state index in [1.807, 2.05) is 6.92 Å². The average Bonchev–Trinajstić information content (AvgIpc) is 3.67. The molecule has 2 aliphatic heterocycles. The van der Waals surface area contributed by atoms with E-state index in [0.717, 1.165) is 4.90 Å². The standard InChI is InChI=1S/C29H36F5N9O3/c1-2-42-22(5-10-36-42)25(44)38-23(17-3-8-28(30,31)9-4-17)20-16-43-26(37-20)39-24(18-6-11-46-12-7-18)21(40-43)15-41-14-19(29(32,33)34)13-35-27(41)45/h5,10,16-19,23H,2-4,6-9,11-15H2,1H3,(H,35,45)(H,38,44)/t19-,23+/m1/s1. The van der Waals surface area contributed by atoms with Crippen molar-refractivity contribution in [2.45, 2.75) is 82.6 Å². The summed E-state index contributed by atoms with van der Waals surface area (Å²) in [6, 6.07) is 0.196. The third-order valence-electron chi connectivity index (χ3n) is 9.16. The molecule has 0 spiro atoms. The van der Waals surface area contributed by atoms with E-state index in [1.54, 1.807) is 12.3 Å². The van der Waals surface area contributed by atoms with E-state index in [1.165, 1.54) is 15.4 Å². The minimum Gasteiger partial charge on any atom is -0.381 e. The minimum absolute atomic E-state index is 0.127.